The van der Waals surface area contributed by atoms with Crippen LogP contribution in [0.25, 0.3) is 34.1 Å². The van der Waals surface area contributed by atoms with Gasteiger partial charge in [0.15, 0.2) is 11.5 Å². The number of aromatic nitrogens is 4. The number of pyridine rings is 2. The highest BCUT2D eigenvalue weighted by Gasteiger charge is 2.36. The summed E-state index contributed by atoms with van der Waals surface area (Å²) in [7, 11) is 0. The van der Waals surface area contributed by atoms with Crippen molar-refractivity contribution in [1.82, 2.24) is 24.4 Å². The molecule has 0 N–H and O–H groups in total. The molecule has 11 heteroatoms. The van der Waals surface area contributed by atoms with Crippen LogP contribution in [0, 0.1) is 12.7 Å². The molecule has 4 heterocycles. The van der Waals surface area contributed by atoms with Crippen molar-refractivity contribution >= 4 is 40.4 Å². The van der Waals surface area contributed by atoms with E-state index in [4.69, 9.17) is 20.7 Å². The fourth-order valence-electron chi connectivity index (χ4n) is 5.85. The number of nitrogens with zero attached hydrogens (tertiary/aromatic N) is 6. The Hall–Kier alpha value is -4.44. The number of aryl methyl sites for hydroxylation is 1. The number of anilines is 1. The van der Waals surface area contributed by atoms with Gasteiger partial charge in [-0.15, -0.1) is 0 Å². The molecule has 0 radical (unpaired) electrons. The predicted molar refractivity (Wildman–Crippen MR) is 170 cm³/mol. The van der Waals surface area contributed by atoms with Crippen LogP contribution in [0.4, 0.5) is 14.6 Å². The molecule has 44 heavy (non-hydrogen) atoms. The molecule has 0 aliphatic carbocycles. The second-order valence-corrected chi connectivity index (χ2v) is 11.5. The van der Waals surface area contributed by atoms with Crippen molar-refractivity contribution in [3.8, 4) is 16.9 Å². The average Bonchev–Trinajstić information content (AvgIpc) is 2.99. The van der Waals surface area contributed by atoms with Crippen molar-refractivity contribution in [1.29, 1.82) is 0 Å². The van der Waals surface area contributed by atoms with Gasteiger partial charge in [0.2, 0.25) is 0 Å². The number of benzene rings is 1. The van der Waals surface area contributed by atoms with Gasteiger partial charge in [-0.05, 0) is 55.9 Å². The summed E-state index contributed by atoms with van der Waals surface area (Å²) in [5.74, 6) is -2.71. The molecule has 1 fully saturated rings. The van der Waals surface area contributed by atoms with Crippen molar-refractivity contribution in [2.24, 2.45) is 0 Å². The van der Waals surface area contributed by atoms with E-state index in [1.54, 1.807) is 19.9 Å². The molecule has 4 aromatic rings. The third-order valence-corrected chi connectivity index (χ3v) is 8.00. The summed E-state index contributed by atoms with van der Waals surface area (Å²) in [5.41, 5.74) is -0.300. The number of hydrogen-bond acceptors (Lipinski definition) is 6. The molecule has 1 amide bonds. The minimum atomic E-state index is -2.66. The standard InChI is InChI=1S/C33H33ClF2N6O2/c1-8-22-10-9-11-25(36)26(22)28-24(34)14-23-30(38-28)42(29-18(4)12-13-37-27(29)17(2)3)33(44)39-31(23)41-19(5)15-40(16-20(41)6)32(43)21(7)35/h8-14,17,19-20H,1,7,15-16H2,2-6H3/t19-,20-/m0/s1/i4D3. The van der Waals surface area contributed by atoms with Crippen LogP contribution >= 0.6 is 11.6 Å². The third-order valence-electron chi connectivity index (χ3n) is 7.71. The Morgan fingerprint density at radius 1 is 1.20 bits per heavy atom. The van der Waals surface area contributed by atoms with Crippen molar-refractivity contribution < 1.29 is 17.7 Å². The zero-order chi connectivity index (χ0) is 34.5. The van der Waals surface area contributed by atoms with Crippen LogP contribution in [0.2, 0.25) is 5.02 Å². The maximum absolute atomic E-state index is 15.4. The van der Waals surface area contributed by atoms with Crippen molar-refractivity contribution in [2.75, 3.05) is 18.0 Å². The van der Waals surface area contributed by atoms with Gasteiger partial charge in [-0.2, -0.15) is 4.98 Å². The maximum atomic E-state index is 15.4. The number of carbonyl (C=O) groups excluding carboxylic acids is 1. The summed E-state index contributed by atoms with van der Waals surface area (Å²) >= 11 is 6.84. The van der Waals surface area contributed by atoms with Crippen LogP contribution in [0.3, 0.4) is 0 Å². The third kappa shape index (κ3) is 5.27. The molecule has 5 rings (SSSR count). The monoisotopic (exact) mass is 621 g/mol. The van der Waals surface area contributed by atoms with Crippen molar-refractivity contribution in [3.63, 3.8) is 0 Å². The van der Waals surface area contributed by atoms with Crippen LogP contribution in [0.5, 0.6) is 0 Å². The van der Waals surface area contributed by atoms with Gasteiger partial charge in [-0.3, -0.25) is 9.78 Å². The molecule has 2 atom stereocenters. The molecule has 228 valence electrons. The number of piperazine rings is 1. The zero-order valence-corrected chi connectivity index (χ0v) is 25.5. The molecule has 1 aliphatic heterocycles. The van der Waals surface area contributed by atoms with Crippen LogP contribution in [-0.2, 0) is 4.79 Å². The van der Waals surface area contributed by atoms with E-state index in [0.717, 1.165) is 4.57 Å². The van der Waals surface area contributed by atoms with Crippen molar-refractivity contribution in [3.05, 3.63) is 93.7 Å². The van der Waals surface area contributed by atoms with E-state index < -0.39 is 42.2 Å². The Kier molecular flexibility index (Phi) is 7.35. The number of rotatable bonds is 6. The molecule has 3 aromatic heterocycles. The fraction of sp³-hybridized carbons (Fsp3) is 0.303. The molecule has 1 aromatic carbocycles. The highest BCUT2D eigenvalue weighted by atomic mass is 35.5. The molecule has 0 bridgehead atoms. The fourth-order valence-corrected chi connectivity index (χ4v) is 6.09. The number of fused-ring (bicyclic) bond motifs is 1. The van der Waals surface area contributed by atoms with E-state index in [-0.39, 0.29) is 63.4 Å². The lowest BCUT2D eigenvalue weighted by Crippen LogP contribution is -2.59. The second-order valence-electron chi connectivity index (χ2n) is 11.1. The van der Waals surface area contributed by atoms with Gasteiger partial charge in [0, 0.05) is 41.0 Å². The molecule has 1 saturated heterocycles. The summed E-state index contributed by atoms with van der Waals surface area (Å²) in [4.78, 5) is 43.6. The largest absolute Gasteiger partial charge is 0.355 e. The Morgan fingerprint density at radius 2 is 1.91 bits per heavy atom. The predicted octanol–water partition coefficient (Wildman–Crippen LogP) is 6.62. The number of carbonyl (C=O) groups is 1. The lowest BCUT2D eigenvalue weighted by Gasteiger charge is -2.45. The Balaban J connectivity index is 1.90. The minimum Gasteiger partial charge on any atom is -0.347 e. The SMILES string of the molecule is [2H]C([2H])([2H])c1ccnc(C(C)C)c1-n1c(=O)nc(N2[C@@H](C)CN(C(=O)C(=C)F)C[C@@H]2C)c2cc(Cl)c(-c3c(F)cccc3C=C)nc21. The average molecular weight is 622 g/mol. The quantitative estimate of drug-likeness (QED) is 0.225. The first-order valence-corrected chi connectivity index (χ1v) is 14.4. The van der Waals surface area contributed by atoms with E-state index in [2.05, 4.69) is 23.1 Å². The smallest absolute Gasteiger partial charge is 0.347 e. The van der Waals surface area contributed by atoms with Gasteiger partial charge in [0.25, 0.3) is 5.91 Å². The van der Waals surface area contributed by atoms with E-state index >= 15 is 4.39 Å². The van der Waals surface area contributed by atoms with Crippen molar-refractivity contribution in [2.45, 2.75) is 52.5 Å². The lowest BCUT2D eigenvalue weighted by molar-refractivity contribution is -0.129. The number of halogens is 3. The molecule has 8 nitrogen and oxygen atoms in total. The van der Waals surface area contributed by atoms with Gasteiger partial charge >= 0.3 is 5.69 Å². The maximum Gasteiger partial charge on any atom is 0.355 e. The molecular weight excluding hydrogens is 586 g/mol. The number of amides is 1. The summed E-state index contributed by atoms with van der Waals surface area (Å²) in [6, 6.07) is 6.30. The summed E-state index contributed by atoms with van der Waals surface area (Å²) in [6.45, 7) is 11.6. The number of hydrogen-bond donors (Lipinski definition) is 0. The molecular formula is C33H33ClF2N6O2. The first kappa shape index (κ1) is 27.1. The van der Waals surface area contributed by atoms with Crippen LogP contribution in [0.1, 0.15) is 54.5 Å². The summed E-state index contributed by atoms with van der Waals surface area (Å²) in [6.07, 6.45) is 2.82. The normalized spacial score (nSPS) is 18.2. The van der Waals surface area contributed by atoms with Crippen LogP contribution in [0.15, 0.2) is 60.3 Å². The minimum absolute atomic E-state index is 0.000795. The van der Waals surface area contributed by atoms with Gasteiger partial charge in [-0.25, -0.2) is 23.1 Å². The first-order valence-electron chi connectivity index (χ1n) is 15.5. The highest BCUT2D eigenvalue weighted by Crippen LogP contribution is 2.38. The Bertz CT molecular complexity index is 1990. The zero-order valence-electron chi connectivity index (χ0n) is 27.7. The second kappa shape index (κ2) is 11.9. The van der Waals surface area contributed by atoms with Crippen LogP contribution in [-0.4, -0.2) is 55.5 Å². The van der Waals surface area contributed by atoms with Gasteiger partial charge in [0.1, 0.15) is 11.6 Å². The van der Waals surface area contributed by atoms with E-state index in [1.807, 2.05) is 18.7 Å². The first-order chi connectivity index (χ1) is 22.1. The van der Waals surface area contributed by atoms with E-state index in [0.29, 0.717) is 11.3 Å². The lowest BCUT2D eigenvalue weighted by atomic mass is 10.0. The summed E-state index contributed by atoms with van der Waals surface area (Å²) < 4.78 is 55.2. The van der Waals surface area contributed by atoms with Gasteiger partial charge < -0.3 is 9.80 Å². The molecule has 0 saturated carbocycles. The van der Waals surface area contributed by atoms with Gasteiger partial charge in [-0.1, -0.05) is 56.8 Å². The molecule has 0 spiro atoms. The van der Waals surface area contributed by atoms with Crippen LogP contribution < -0.4 is 10.6 Å². The highest BCUT2D eigenvalue weighted by molar-refractivity contribution is 6.34. The molecule has 1 aliphatic rings. The topological polar surface area (TPSA) is 84.2 Å². The van der Waals surface area contributed by atoms with E-state index in [9.17, 15) is 14.0 Å². The van der Waals surface area contributed by atoms with Gasteiger partial charge in [0.05, 0.1) is 27.5 Å². The van der Waals surface area contributed by atoms with E-state index in [1.165, 1.54) is 41.4 Å². The Morgan fingerprint density at radius 3 is 2.52 bits per heavy atom. The molecule has 0 unspecified atom stereocenters. The summed E-state index contributed by atoms with van der Waals surface area (Å²) in [5, 5.41) is 0.298. The Labute approximate surface area is 263 Å².